The highest BCUT2D eigenvalue weighted by Gasteiger charge is 2.33. The van der Waals surface area contributed by atoms with Gasteiger partial charge in [-0.2, -0.15) is 0 Å². The molecule has 1 saturated carbocycles. The van der Waals surface area contributed by atoms with E-state index in [1.807, 2.05) is 0 Å². The lowest BCUT2D eigenvalue weighted by atomic mass is 9.83. The first-order valence-electron chi connectivity index (χ1n) is 10.8. The molecule has 0 heterocycles. The van der Waals surface area contributed by atoms with E-state index in [-0.39, 0.29) is 0 Å². The summed E-state index contributed by atoms with van der Waals surface area (Å²) in [6.45, 7) is 7.06. The minimum atomic E-state index is 0.366. The highest BCUT2D eigenvalue weighted by molar-refractivity contribution is 5.79. The molecule has 5 nitrogen and oxygen atoms in total. The summed E-state index contributed by atoms with van der Waals surface area (Å²) >= 11 is 0. The van der Waals surface area contributed by atoms with Crippen LogP contribution >= 0.6 is 0 Å². The van der Waals surface area contributed by atoms with Crippen LogP contribution in [0.25, 0.3) is 0 Å². The van der Waals surface area contributed by atoms with E-state index in [9.17, 15) is 0 Å². The Hall–Kier alpha value is -0.810. The molecule has 0 spiro atoms. The summed E-state index contributed by atoms with van der Waals surface area (Å²) in [7, 11) is 6.10. The third-order valence-corrected chi connectivity index (χ3v) is 5.49. The molecule has 1 aliphatic rings. The molecule has 0 aliphatic heterocycles. The first kappa shape index (κ1) is 23.2. The van der Waals surface area contributed by atoms with Crippen molar-refractivity contribution in [1.82, 2.24) is 15.5 Å². The second-order valence-corrected chi connectivity index (χ2v) is 8.14. The molecule has 26 heavy (non-hydrogen) atoms. The number of aliphatic imine (C=N–C) groups is 1. The molecule has 1 aliphatic carbocycles. The maximum atomic E-state index is 5.33. The van der Waals surface area contributed by atoms with Crippen molar-refractivity contribution in [3.05, 3.63) is 0 Å². The van der Waals surface area contributed by atoms with E-state index in [4.69, 9.17) is 9.73 Å². The number of guanidine groups is 1. The second kappa shape index (κ2) is 14.3. The van der Waals surface area contributed by atoms with Gasteiger partial charge in [0.05, 0.1) is 0 Å². The zero-order valence-corrected chi connectivity index (χ0v) is 17.9. The Morgan fingerprint density at radius 2 is 1.73 bits per heavy atom. The van der Waals surface area contributed by atoms with Crippen molar-refractivity contribution in [2.75, 3.05) is 54.0 Å². The fourth-order valence-corrected chi connectivity index (χ4v) is 3.81. The Kier molecular flexibility index (Phi) is 12.8. The molecule has 5 heteroatoms. The van der Waals surface area contributed by atoms with Gasteiger partial charge in [-0.15, -0.1) is 0 Å². The van der Waals surface area contributed by atoms with Gasteiger partial charge in [-0.1, -0.05) is 32.1 Å². The molecular weight excluding hydrogens is 324 g/mol. The summed E-state index contributed by atoms with van der Waals surface area (Å²) in [5.74, 6) is 0.990. The lowest BCUT2D eigenvalue weighted by Crippen LogP contribution is -2.39. The fourth-order valence-electron chi connectivity index (χ4n) is 3.81. The molecule has 0 aromatic carbocycles. The van der Waals surface area contributed by atoms with E-state index >= 15 is 0 Å². The molecule has 154 valence electrons. The Morgan fingerprint density at radius 3 is 2.38 bits per heavy atom. The van der Waals surface area contributed by atoms with Crippen LogP contribution in [0, 0.1) is 5.41 Å². The molecule has 0 atom stereocenters. The zero-order valence-electron chi connectivity index (χ0n) is 17.9. The zero-order chi connectivity index (χ0) is 19.1. The van der Waals surface area contributed by atoms with Gasteiger partial charge in [0.1, 0.15) is 0 Å². The summed E-state index contributed by atoms with van der Waals surface area (Å²) in [5.41, 5.74) is 0.366. The van der Waals surface area contributed by atoms with Gasteiger partial charge in [-0.05, 0) is 65.1 Å². The summed E-state index contributed by atoms with van der Waals surface area (Å²) in [4.78, 5) is 7.19. The number of nitrogens with one attached hydrogen (secondary N) is 2. The Labute approximate surface area is 162 Å². The van der Waals surface area contributed by atoms with Crippen molar-refractivity contribution in [3.8, 4) is 0 Å². The van der Waals surface area contributed by atoms with Crippen LogP contribution < -0.4 is 10.6 Å². The topological polar surface area (TPSA) is 48.9 Å². The third-order valence-electron chi connectivity index (χ3n) is 5.49. The van der Waals surface area contributed by atoms with Gasteiger partial charge in [-0.3, -0.25) is 4.99 Å². The van der Waals surface area contributed by atoms with E-state index in [2.05, 4.69) is 36.6 Å². The van der Waals surface area contributed by atoms with Crippen LogP contribution in [0.1, 0.15) is 71.1 Å². The van der Waals surface area contributed by atoms with Crippen LogP contribution in [0.5, 0.6) is 0 Å². The molecule has 1 fully saturated rings. The SMILES string of the molecule is CCNC(=NCC1(CCOC)CCCC1)NCCCCCCCN(C)C. The Morgan fingerprint density at radius 1 is 1.04 bits per heavy atom. The summed E-state index contributed by atoms with van der Waals surface area (Å²) in [6.07, 6.45) is 12.9. The van der Waals surface area contributed by atoms with Crippen molar-refractivity contribution in [3.63, 3.8) is 0 Å². The van der Waals surface area contributed by atoms with Gasteiger partial charge >= 0.3 is 0 Å². The Bertz CT molecular complexity index is 365. The number of rotatable bonds is 14. The standard InChI is InChI=1S/C21H44N4O/c1-5-22-20(23-16-11-7-6-8-12-17-25(2)3)24-19-21(15-18-26-4)13-9-10-14-21/h5-19H2,1-4H3,(H2,22,23,24). The molecule has 2 N–H and O–H groups in total. The first-order chi connectivity index (χ1) is 12.6. The van der Waals surface area contributed by atoms with E-state index in [0.717, 1.165) is 38.6 Å². The molecule has 0 radical (unpaired) electrons. The smallest absolute Gasteiger partial charge is 0.191 e. The fraction of sp³-hybridized carbons (Fsp3) is 0.952. The van der Waals surface area contributed by atoms with Gasteiger partial charge in [-0.25, -0.2) is 0 Å². The maximum absolute atomic E-state index is 5.33. The van der Waals surface area contributed by atoms with Gasteiger partial charge in [0.25, 0.3) is 0 Å². The molecular formula is C21H44N4O. The van der Waals surface area contributed by atoms with Gasteiger partial charge in [0.2, 0.25) is 0 Å². The number of hydrogen-bond donors (Lipinski definition) is 2. The summed E-state index contributed by atoms with van der Waals surface area (Å²) in [5, 5.41) is 6.93. The van der Waals surface area contributed by atoms with Crippen molar-refractivity contribution in [2.24, 2.45) is 10.4 Å². The van der Waals surface area contributed by atoms with Crippen molar-refractivity contribution in [1.29, 1.82) is 0 Å². The summed E-state index contributed by atoms with van der Waals surface area (Å²) < 4.78 is 5.33. The highest BCUT2D eigenvalue weighted by Crippen LogP contribution is 2.41. The van der Waals surface area contributed by atoms with E-state index in [0.29, 0.717) is 5.41 Å². The molecule has 0 unspecified atom stereocenters. The molecule has 0 amide bonds. The van der Waals surface area contributed by atoms with Crippen LogP contribution in [-0.2, 0) is 4.74 Å². The average Bonchev–Trinajstić information content (AvgIpc) is 3.09. The van der Waals surface area contributed by atoms with Gasteiger partial charge < -0.3 is 20.3 Å². The third kappa shape index (κ3) is 10.4. The van der Waals surface area contributed by atoms with Crippen LogP contribution in [-0.4, -0.2) is 64.9 Å². The normalized spacial score (nSPS) is 17.0. The van der Waals surface area contributed by atoms with E-state index in [1.165, 1.54) is 64.3 Å². The predicted molar refractivity (Wildman–Crippen MR) is 113 cm³/mol. The molecule has 0 saturated heterocycles. The monoisotopic (exact) mass is 368 g/mol. The number of unbranched alkanes of at least 4 members (excludes halogenated alkanes) is 4. The van der Waals surface area contributed by atoms with Crippen molar-refractivity contribution < 1.29 is 4.74 Å². The predicted octanol–water partition coefficient (Wildman–Crippen LogP) is 3.65. The second-order valence-electron chi connectivity index (χ2n) is 8.14. The lowest BCUT2D eigenvalue weighted by molar-refractivity contribution is 0.141. The van der Waals surface area contributed by atoms with Gasteiger partial charge in [0.15, 0.2) is 5.96 Å². The highest BCUT2D eigenvalue weighted by atomic mass is 16.5. The van der Waals surface area contributed by atoms with Gasteiger partial charge in [0, 0.05) is 33.4 Å². The van der Waals surface area contributed by atoms with Crippen LogP contribution in [0.15, 0.2) is 4.99 Å². The quantitative estimate of drug-likeness (QED) is 0.279. The van der Waals surface area contributed by atoms with Crippen LogP contribution in [0.3, 0.4) is 0 Å². The average molecular weight is 369 g/mol. The lowest BCUT2D eigenvalue weighted by Gasteiger charge is -2.27. The van der Waals surface area contributed by atoms with Crippen LogP contribution in [0.4, 0.5) is 0 Å². The van der Waals surface area contributed by atoms with Crippen molar-refractivity contribution >= 4 is 5.96 Å². The molecule has 0 bridgehead atoms. The van der Waals surface area contributed by atoms with E-state index in [1.54, 1.807) is 7.11 Å². The number of nitrogens with zero attached hydrogens (tertiary/aromatic N) is 2. The summed E-state index contributed by atoms with van der Waals surface area (Å²) in [6, 6.07) is 0. The minimum Gasteiger partial charge on any atom is -0.385 e. The van der Waals surface area contributed by atoms with Crippen LogP contribution in [0.2, 0.25) is 0 Å². The largest absolute Gasteiger partial charge is 0.385 e. The number of hydrogen-bond acceptors (Lipinski definition) is 3. The van der Waals surface area contributed by atoms with E-state index < -0.39 is 0 Å². The van der Waals surface area contributed by atoms with Crippen molar-refractivity contribution in [2.45, 2.75) is 71.1 Å². The maximum Gasteiger partial charge on any atom is 0.191 e. The first-order valence-corrected chi connectivity index (χ1v) is 10.8. The number of methoxy groups -OCH3 is 1. The molecule has 0 aromatic heterocycles. The molecule has 0 aromatic rings. The minimum absolute atomic E-state index is 0.366. The Balaban J connectivity index is 2.27. The number of ether oxygens (including phenoxy) is 1. The molecule has 1 rings (SSSR count).